The van der Waals surface area contributed by atoms with Crippen LogP contribution in [0.25, 0.3) is 0 Å². The van der Waals surface area contributed by atoms with Crippen molar-refractivity contribution < 1.29 is 9.53 Å². The lowest BCUT2D eigenvalue weighted by Gasteiger charge is -2.13. The number of ether oxygens (including phenoxy) is 1. The molecule has 1 atom stereocenters. The Bertz CT molecular complexity index is 285. The third-order valence-electron chi connectivity index (χ3n) is 1.89. The molecule has 0 amide bonds. The van der Waals surface area contributed by atoms with E-state index in [4.69, 9.17) is 0 Å². The number of carbonyl (C=O) groups is 1. The Morgan fingerprint density at radius 2 is 2.07 bits per heavy atom. The lowest BCUT2D eigenvalue weighted by atomic mass is 10.2. The van der Waals surface area contributed by atoms with E-state index < -0.39 is 0 Å². The summed E-state index contributed by atoms with van der Waals surface area (Å²) in [5, 5.41) is 3.21. The third-order valence-corrected chi connectivity index (χ3v) is 1.89. The van der Waals surface area contributed by atoms with Gasteiger partial charge >= 0.3 is 5.97 Å². The second-order valence-electron chi connectivity index (χ2n) is 3.19. The first-order valence-electron chi connectivity index (χ1n) is 4.61. The maximum Gasteiger partial charge on any atom is 0.307 e. The molecule has 0 saturated carbocycles. The molecule has 1 N–H and O–H groups in total. The summed E-state index contributed by atoms with van der Waals surface area (Å²) in [6.07, 6.45) is 0.380. The van der Waals surface area contributed by atoms with Crippen molar-refractivity contribution in [3.63, 3.8) is 0 Å². The maximum atomic E-state index is 11.0. The molecular formula is C11H15NO2. The predicted octanol–water partition coefficient (Wildman–Crippen LogP) is 2.05. The van der Waals surface area contributed by atoms with Gasteiger partial charge in [0.15, 0.2) is 0 Å². The van der Waals surface area contributed by atoms with E-state index >= 15 is 0 Å². The molecule has 0 aromatic heterocycles. The average molecular weight is 193 g/mol. The summed E-state index contributed by atoms with van der Waals surface area (Å²) < 4.78 is 4.58. The Morgan fingerprint density at radius 1 is 1.43 bits per heavy atom. The highest BCUT2D eigenvalue weighted by atomic mass is 16.5. The van der Waals surface area contributed by atoms with Crippen LogP contribution in [0.15, 0.2) is 30.3 Å². The summed E-state index contributed by atoms with van der Waals surface area (Å²) >= 11 is 0. The Morgan fingerprint density at radius 3 is 2.64 bits per heavy atom. The molecule has 1 aromatic carbocycles. The molecule has 3 nitrogen and oxygen atoms in total. The Hall–Kier alpha value is -1.51. The van der Waals surface area contributed by atoms with Gasteiger partial charge in [0.1, 0.15) is 0 Å². The normalized spacial score (nSPS) is 11.9. The van der Waals surface area contributed by atoms with E-state index in [2.05, 4.69) is 10.1 Å². The lowest BCUT2D eigenvalue weighted by Crippen LogP contribution is -2.20. The molecule has 14 heavy (non-hydrogen) atoms. The molecule has 0 bridgehead atoms. The van der Waals surface area contributed by atoms with Crippen LogP contribution in [-0.4, -0.2) is 19.1 Å². The monoisotopic (exact) mass is 193 g/mol. The molecular weight excluding hydrogens is 178 g/mol. The fraction of sp³-hybridized carbons (Fsp3) is 0.364. The number of nitrogens with one attached hydrogen (secondary N) is 1. The first kappa shape index (κ1) is 10.6. The highest BCUT2D eigenvalue weighted by Gasteiger charge is 2.07. The molecule has 0 saturated heterocycles. The molecule has 0 aliphatic carbocycles. The molecule has 0 fully saturated rings. The molecule has 0 radical (unpaired) electrons. The van der Waals surface area contributed by atoms with E-state index in [9.17, 15) is 4.79 Å². The summed E-state index contributed by atoms with van der Waals surface area (Å²) in [7, 11) is 1.40. The zero-order chi connectivity index (χ0) is 10.4. The highest BCUT2D eigenvalue weighted by Crippen LogP contribution is 2.08. The van der Waals surface area contributed by atoms with Crippen LogP contribution in [-0.2, 0) is 9.53 Å². The van der Waals surface area contributed by atoms with Crippen LogP contribution in [0.3, 0.4) is 0 Å². The summed E-state index contributed by atoms with van der Waals surface area (Å²) in [6, 6.07) is 9.88. The standard InChI is InChI=1S/C11H15NO2/c1-9(8-11(13)14-2)12-10-6-4-3-5-7-10/h3-7,9,12H,8H2,1-2H3. The van der Waals surface area contributed by atoms with Gasteiger partial charge in [0, 0.05) is 11.7 Å². The first-order valence-corrected chi connectivity index (χ1v) is 4.61. The summed E-state index contributed by atoms with van der Waals surface area (Å²) in [6.45, 7) is 1.95. The smallest absolute Gasteiger partial charge is 0.307 e. The molecule has 0 spiro atoms. The van der Waals surface area contributed by atoms with Crippen molar-refractivity contribution >= 4 is 11.7 Å². The van der Waals surface area contributed by atoms with Gasteiger partial charge in [-0.2, -0.15) is 0 Å². The molecule has 0 heterocycles. The van der Waals surface area contributed by atoms with Crippen LogP contribution in [0.2, 0.25) is 0 Å². The number of hydrogen-bond donors (Lipinski definition) is 1. The van der Waals surface area contributed by atoms with E-state index in [-0.39, 0.29) is 12.0 Å². The van der Waals surface area contributed by atoms with E-state index in [1.165, 1.54) is 7.11 Å². The number of esters is 1. The fourth-order valence-corrected chi connectivity index (χ4v) is 1.20. The molecule has 3 heteroatoms. The molecule has 1 rings (SSSR count). The summed E-state index contributed by atoms with van der Waals surface area (Å²) in [5.41, 5.74) is 1.02. The number of rotatable bonds is 4. The lowest BCUT2D eigenvalue weighted by molar-refractivity contribution is -0.140. The number of para-hydroxylation sites is 1. The van der Waals surface area contributed by atoms with Crippen LogP contribution in [0, 0.1) is 0 Å². The summed E-state index contributed by atoms with van der Waals surface area (Å²) in [5.74, 6) is -0.194. The topological polar surface area (TPSA) is 38.3 Å². The van der Waals surface area contributed by atoms with E-state index in [1.807, 2.05) is 37.3 Å². The minimum Gasteiger partial charge on any atom is -0.469 e. The summed E-state index contributed by atoms with van der Waals surface area (Å²) in [4.78, 5) is 11.0. The molecule has 1 unspecified atom stereocenters. The largest absolute Gasteiger partial charge is 0.469 e. The van der Waals surface area contributed by atoms with Gasteiger partial charge in [-0.05, 0) is 19.1 Å². The van der Waals surface area contributed by atoms with Crippen LogP contribution >= 0.6 is 0 Å². The Balaban J connectivity index is 2.41. The van der Waals surface area contributed by atoms with Crippen LogP contribution < -0.4 is 5.32 Å². The van der Waals surface area contributed by atoms with Gasteiger partial charge in [-0.1, -0.05) is 18.2 Å². The van der Waals surface area contributed by atoms with Crippen molar-refractivity contribution in [3.8, 4) is 0 Å². The van der Waals surface area contributed by atoms with E-state index in [0.29, 0.717) is 6.42 Å². The van der Waals surface area contributed by atoms with Crippen molar-refractivity contribution in [1.29, 1.82) is 0 Å². The average Bonchev–Trinajstić information content (AvgIpc) is 2.19. The van der Waals surface area contributed by atoms with Gasteiger partial charge in [-0.25, -0.2) is 0 Å². The van der Waals surface area contributed by atoms with E-state index in [1.54, 1.807) is 0 Å². The third kappa shape index (κ3) is 3.47. The van der Waals surface area contributed by atoms with Gasteiger partial charge in [-0.3, -0.25) is 4.79 Å². The van der Waals surface area contributed by atoms with Crippen molar-refractivity contribution in [2.75, 3.05) is 12.4 Å². The van der Waals surface area contributed by atoms with Gasteiger partial charge in [-0.15, -0.1) is 0 Å². The van der Waals surface area contributed by atoms with Crippen LogP contribution in [0.1, 0.15) is 13.3 Å². The number of benzene rings is 1. The predicted molar refractivity (Wildman–Crippen MR) is 56.2 cm³/mol. The minimum absolute atomic E-state index is 0.0878. The molecule has 0 aliphatic rings. The van der Waals surface area contributed by atoms with Crippen molar-refractivity contribution in [3.05, 3.63) is 30.3 Å². The number of hydrogen-bond acceptors (Lipinski definition) is 3. The highest BCUT2D eigenvalue weighted by molar-refractivity contribution is 5.70. The number of methoxy groups -OCH3 is 1. The zero-order valence-electron chi connectivity index (χ0n) is 8.49. The fourth-order valence-electron chi connectivity index (χ4n) is 1.20. The van der Waals surface area contributed by atoms with Crippen LogP contribution in [0.5, 0.6) is 0 Å². The molecule has 1 aromatic rings. The first-order chi connectivity index (χ1) is 6.72. The van der Waals surface area contributed by atoms with Gasteiger partial charge in [0.05, 0.1) is 13.5 Å². The Labute approximate surface area is 84.1 Å². The quantitative estimate of drug-likeness (QED) is 0.744. The SMILES string of the molecule is COC(=O)CC(C)Nc1ccccc1. The van der Waals surface area contributed by atoms with E-state index in [0.717, 1.165) is 5.69 Å². The van der Waals surface area contributed by atoms with Crippen molar-refractivity contribution in [2.45, 2.75) is 19.4 Å². The number of anilines is 1. The molecule has 76 valence electrons. The van der Waals surface area contributed by atoms with Crippen molar-refractivity contribution in [2.24, 2.45) is 0 Å². The maximum absolute atomic E-state index is 11.0. The van der Waals surface area contributed by atoms with Gasteiger partial charge in [0.25, 0.3) is 0 Å². The minimum atomic E-state index is -0.194. The van der Waals surface area contributed by atoms with Crippen molar-refractivity contribution in [1.82, 2.24) is 0 Å². The Kier molecular flexibility index (Phi) is 3.98. The van der Waals surface area contributed by atoms with Gasteiger partial charge in [0.2, 0.25) is 0 Å². The molecule has 0 aliphatic heterocycles. The number of carbonyl (C=O) groups excluding carboxylic acids is 1. The zero-order valence-corrected chi connectivity index (χ0v) is 8.49. The second kappa shape index (κ2) is 5.27. The second-order valence-corrected chi connectivity index (χ2v) is 3.19. The van der Waals surface area contributed by atoms with Crippen LogP contribution in [0.4, 0.5) is 5.69 Å². The van der Waals surface area contributed by atoms with Gasteiger partial charge < -0.3 is 10.1 Å².